The van der Waals surface area contributed by atoms with Gasteiger partial charge < -0.3 is 5.32 Å². The number of rotatable bonds is 6. The molecule has 0 spiro atoms. The van der Waals surface area contributed by atoms with Crippen LogP contribution in [0.2, 0.25) is 0 Å². The molecule has 0 saturated carbocycles. The molecule has 0 amide bonds. The highest BCUT2D eigenvalue weighted by Gasteiger charge is 2.22. The molecular weight excluding hydrogens is 354 g/mol. The van der Waals surface area contributed by atoms with Crippen molar-refractivity contribution in [3.05, 3.63) is 33.8 Å². The molecule has 0 heterocycles. The number of sulfonamides is 1. The number of nitrogens with one attached hydrogen (secondary N) is 2. The van der Waals surface area contributed by atoms with E-state index in [4.69, 9.17) is 0 Å². The number of hydrogen-bond acceptors (Lipinski definition) is 3. The average molecular weight is 371 g/mol. The Labute approximate surface area is 126 Å². The summed E-state index contributed by atoms with van der Waals surface area (Å²) in [5, 5.41) is 2.85. The van der Waals surface area contributed by atoms with E-state index < -0.39 is 27.2 Å². The summed E-state index contributed by atoms with van der Waals surface area (Å²) in [7, 11) is -3.35. The fourth-order valence-corrected chi connectivity index (χ4v) is 3.22. The van der Waals surface area contributed by atoms with Crippen LogP contribution in [0.1, 0.15) is 19.4 Å². The lowest BCUT2D eigenvalue weighted by Crippen LogP contribution is -2.49. The fourth-order valence-electron chi connectivity index (χ4n) is 1.77. The standard InChI is InChI=1S/C12H17BrF2N2O2S/c1-12(2,17-20(3,18)19)7-16-6-8-10(14)5-4-9(13)11(8)15/h4-5,16-17H,6-7H2,1-3H3. The van der Waals surface area contributed by atoms with Crippen LogP contribution in [-0.2, 0) is 16.6 Å². The molecule has 1 aromatic carbocycles. The van der Waals surface area contributed by atoms with Crippen LogP contribution in [-0.4, -0.2) is 26.8 Å². The van der Waals surface area contributed by atoms with Gasteiger partial charge in [-0.1, -0.05) is 0 Å². The third-order valence-electron chi connectivity index (χ3n) is 2.47. The second-order valence-electron chi connectivity index (χ2n) is 5.18. The van der Waals surface area contributed by atoms with E-state index in [-0.39, 0.29) is 23.1 Å². The highest BCUT2D eigenvalue weighted by atomic mass is 79.9. The minimum Gasteiger partial charge on any atom is -0.311 e. The zero-order valence-electron chi connectivity index (χ0n) is 11.4. The first kappa shape index (κ1) is 17.5. The van der Waals surface area contributed by atoms with E-state index in [0.717, 1.165) is 6.26 Å². The Kier molecular flexibility index (Phi) is 5.65. The molecule has 0 radical (unpaired) electrons. The lowest BCUT2D eigenvalue weighted by atomic mass is 10.1. The van der Waals surface area contributed by atoms with Gasteiger partial charge in [0.15, 0.2) is 0 Å². The Hall–Kier alpha value is -0.570. The van der Waals surface area contributed by atoms with Crippen molar-refractivity contribution in [3.8, 4) is 0 Å². The maximum Gasteiger partial charge on any atom is 0.209 e. The van der Waals surface area contributed by atoms with Gasteiger partial charge in [0.25, 0.3) is 0 Å². The van der Waals surface area contributed by atoms with Gasteiger partial charge in [-0.2, -0.15) is 0 Å². The van der Waals surface area contributed by atoms with Crippen molar-refractivity contribution in [2.45, 2.75) is 25.9 Å². The molecule has 0 aliphatic heterocycles. The van der Waals surface area contributed by atoms with Gasteiger partial charge in [-0.05, 0) is 41.9 Å². The molecule has 1 aromatic rings. The summed E-state index contributed by atoms with van der Waals surface area (Å²) in [6, 6.07) is 2.47. The van der Waals surface area contributed by atoms with E-state index in [1.165, 1.54) is 12.1 Å². The van der Waals surface area contributed by atoms with Crippen molar-refractivity contribution in [2.24, 2.45) is 0 Å². The average Bonchev–Trinajstić information content (AvgIpc) is 2.25. The number of halogens is 3. The molecule has 20 heavy (non-hydrogen) atoms. The highest BCUT2D eigenvalue weighted by Crippen LogP contribution is 2.21. The van der Waals surface area contributed by atoms with Crippen molar-refractivity contribution in [3.63, 3.8) is 0 Å². The summed E-state index contributed by atoms with van der Waals surface area (Å²) in [5.41, 5.74) is -0.846. The second-order valence-corrected chi connectivity index (χ2v) is 7.79. The van der Waals surface area contributed by atoms with Crippen molar-refractivity contribution in [1.29, 1.82) is 0 Å². The molecule has 2 N–H and O–H groups in total. The van der Waals surface area contributed by atoms with Crippen LogP contribution in [0.5, 0.6) is 0 Å². The first-order valence-corrected chi connectivity index (χ1v) is 8.52. The summed E-state index contributed by atoms with van der Waals surface area (Å²) in [6.45, 7) is 3.54. The minimum atomic E-state index is -3.35. The topological polar surface area (TPSA) is 58.2 Å². The molecule has 0 aromatic heterocycles. The first-order chi connectivity index (χ1) is 9.02. The molecule has 114 valence electrons. The Bertz CT molecular complexity index is 591. The van der Waals surface area contributed by atoms with Gasteiger partial charge in [-0.3, -0.25) is 0 Å². The quantitative estimate of drug-likeness (QED) is 0.754. The van der Waals surface area contributed by atoms with Gasteiger partial charge in [0.2, 0.25) is 10.0 Å². The maximum absolute atomic E-state index is 13.7. The maximum atomic E-state index is 13.7. The van der Waals surface area contributed by atoms with Gasteiger partial charge in [-0.15, -0.1) is 0 Å². The molecule has 0 aliphatic rings. The number of hydrogen-bond donors (Lipinski definition) is 2. The van der Waals surface area contributed by atoms with E-state index in [2.05, 4.69) is 26.0 Å². The van der Waals surface area contributed by atoms with Gasteiger partial charge in [0, 0.05) is 24.2 Å². The second kappa shape index (κ2) is 6.46. The summed E-state index contributed by atoms with van der Waals surface area (Å²) in [5.74, 6) is -1.31. The molecule has 1 rings (SSSR count). The first-order valence-electron chi connectivity index (χ1n) is 5.84. The van der Waals surface area contributed by atoms with Crippen molar-refractivity contribution in [1.82, 2.24) is 10.0 Å². The van der Waals surface area contributed by atoms with E-state index in [1.54, 1.807) is 13.8 Å². The van der Waals surface area contributed by atoms with Crippen molar-refractivity contribution >= 4 is 26.0 Å². The SMILES string of the molecule is CC(C)(CNCc1c(F)ccc(Br)c1F)NS(C)(=O)=O. The minimum absolute atomic E-state index is 0.0357. The van der Waals surface area contributed by atoms with Gasteiger partial charge in [0.05, 0.1) is 10.7 Å². The molecule has 8 heteroatoms. The van der Waals surface area contributed by atoms with E-state index >= 15 is 0 Å². The Morgan fingerprint density at radius 1 is 1.30 bits per heavy atom. The normalized spacial score (nSPS) is 12.7. The lowest BCUT2D eigenvalue weighted by molar-refractivity contribution is 0.414. The third-order valence-corrected chi connectivity index (χ3v) is 4.01. The van der Waals surface area contributed by atoms with Crippen LogP contribution < -0.4 is 10.0 Å². The molecule has 0 atom stereocenters. The predicted octanol–water partition coefficient (Wildman–Crippen LogP) is 2.14. The highest BCUT2D eigenvalue weighted by molar-refractivity contribution is 9.10. The summed E-state index contributed by atoms with van der Waals surface area (Å²) < 4.78 is 52.2. The van der Waals surface area contributed by atoms with E-state index in [0.29, 0.717) is 0 Å². The zero-order chi connectivity index (χ0) is 15.6. The Morgan fingerprint density at radius 2 is 1.90 bits per heavy atom. The molecule has 0 unspecified atom stereocenters. The third kappa shape index (κ3) is 5.43. The predicted molar refractivity (Wildman–Crippen MR) is 77.8 cm³/mol. The van der Waals surface area contributed by atoms with Crippen molar-refractivity contribution in [2.75, 3.05) is 12.8 Å². The monoisotopic (exact) mass is 370 g/mol. The molecular formula is C12H17BrF2N2O2S. The molecule has 0 bridgehead atoms. The fraction of sp³-hybridized carbons (Fsp3) is 0.500. The van der Waals surface area contributed by atoms with Crippen molar-refractivity contribution < 1.29 is 17.2 Å². The van der Waals surface area contributed by atoms with Gasteiger partial charge >= 0.3 is 0 Å². The van der Waals surface area contributed by atoms with Gasteiger partial charge in [-0.25, -0.2) is 21.9 Å². The summed E-state index contributed by atoms with van der Waals surface area (Å²) >= 11 is 2.99. The summed E-state index contributed by atoms with van der Waals surface area (Å²) in [6.07, 6.45) is 1.06. The molecule has 4 nitrogen and oxygen atoms in total. The Balaban J connectivity index is 2.68. The summed E-state index contributed by atoms with van der Waals surface area (Å²) in [4.78, 5) is 0. The largest absolute Gasteiger partial charge is 0.311 e. The molecule has 0 aliphatic carbocycles. The number of benzene rings is 1. The molecule has 0 saturated heterocycles. The van der Waals surface area contributed by atoms with Crippen LogP contribution in [0.3, 0.4) is 0 Å². The smallest absolute Gasteiger partial charge is 0.209 e. The van der Waals surface area contributed by atoms with Crippen LogP contribution in [0, 0.1) is 11.6 Å². The lowest BCUT2D eigenvalue weighted by Gasteiger charge is -2.25. The van der Waals surface area contributed by atoms with E-state index in [1.807, 2.05) is 0 Å². The van der Waals surface area contributed by atoms with Gasteiger partial charge in [0.1, 0.15) is 11.6 Å². The van der Waals surface area contributed by atoms with Crippen LogP contribution in [0.4, 0.5) is 8.78 Å². The van der Waals surface area contributed by atoms with Crippen LogP contribution >= 0.6 is 15.9 Å². The van der Waals surface area contributed by atoms with Crippen LogP contribution in [0.25, 0.3) is 0 Å². The Morgan fingerprint density at radius 3 is 2.45 bits per heavy atom. The van der Waals surface area contributed by atoms with Crippen LogP contribution in [0.15, 0.2) is 16.6 Å². The van der Waals surface area contributed by atoms with E-state index in [9.17, 15) is 17.2 Å². The molecule has 0 fully saturated rings. The zero-order valence-corrected chi connectivity index (χ0v) is 13.8.